The van der Waals surface area contributed by atoms with Crippen LogP contribution in [0, 0.1) is 0 Å². The van der Waals surface area contributed by atoms with Gasteiger partial charge in [0, 0.05) is 18.5 Å². The van der Waals surface area contributed by atoms with Crippen LogP contribution in [0.3, 0.4) is 0 Å². The molecule has 6 heteroatoms. The fourth-order valence-corrected chi connectivity index (χ4v) is 2.29. The summed E-state index contributed by atoms with van der Waals surface area (Å²) in [6.45, 7) is 1.61. The first-order valence-electron chi connectivity index (χ1n) is 6.45. The number of fused-ring (bicyclic) bond motifs is 1. The summed E-state index contributed by atoms with van der Waals surface area (Å²) < 4.78 is 5.60. The lowest BCUT2D eigenvalue weighted by Crippen LogP contribution is -2.20. The van der Waals surface area contributed by atoms with Crippen molar-refractivity contribution in [1.82, 2.24) is 9.97 Å². The van der Waals surface area contributed by atoms with E-state index in [0.29, 0.717) is 5.95 Å². The fraction of sp³-hybridized carbons (Fsp3) is 0.385. The summed E-state index contributed by atoms with van der Waals surface area (Å²) in [5.74, 6) is 6.60. The number of nitrogens with one attached hydrogen (secondary N) is 2. The highest BCUT2D eigenvalue weighted by atomic mass is 16.5. The van der Waals surface area contributed by atoms with Crippen LogP contribution < -0.4 is 16.6 Å². The molecule has 0 spiro atoms. The largest absolute Gasteiger partial charge is 0.376 e. The Morgan fingerprint density at radius 1 is 1.32 bits per heavy atom. The maximum Gasteiger partial charge on any atom is 0.239 e. The summed E-state index contributed by atoms with van der Waals surface area (Å²) in [6.07, 6.45) is 2.49. The number of hydrazine groups is 1. The number of nitrogens with zero attached hydrogens (tertiary/aromatic N) is 2. The van der Waals surface area contributed by atoms with Crippen molar-refractivity contribution in [1.29, 1.82) is 0 Å². The number of nitrogen functional groups attached to an aromatic ring is 1. The number of aromatic nitrogens is 2. The normalized spacial score (nSPS) is 18.7. The number of para-hydroxylation sites is 1. The Hall–Kier alpha value is -1.92. The molecule has 0 amide bonds. The van der Waals surface area contributed by atoms with E-state index in [1.807, 2.05) is 24.3 Å². The zero-order valence-electron chi connectivity index (χ0n) is 10.6. The van der Waals surface area contributed by atoms with Gasteiger partial charge in [-0.3, -0.25) is 5.43 Å². The Kier molecular flexibility index (Phi) is 3.43. The van der Waals surface area contributed by atoms with Gasteiger partial charge in [-0.2, -0.15) is 4.98 Å². The van der Waals surface area contributed by atoms with Crippen LogP contribution in [0.15, 0.2) is 24.3 Å². The molecule has 0 aliphatic carbocycles. The highest BCUT2D eigenvalue weighted by molar-refractivity contribution is 5.89. The average molecular weight is 259 g/mol. The predicted molar refractivity (Wildman–Crippen MR) is 74.8 cm³/mol. The summed E-state index contributed by atoms with van der Waals surface area (Å²) in [6, 6.07) is 7.85. The first-order chi connectivity index (χ1) is 9.36. The highest BCUT2D eigenvalue weighted by Crippen LogP contribution is 2.22. The number of hydrogen-bond donors (Lipinski definition) is 3. The zero-order chi connectivity index (χ0) is 13.1. The molecular formula is C13H17N5O. The number of hydrogen-bond acceptors (Lipinski definition) is 6. The molecule has 100 valence electrons. The van der Waals surface area contributed by atoms with Crippen molar-refractivity contribution in [3.05, 3.63) is 24.3 Å². The van der Waals surface area contributed by atoms with Crippen LogP contribution >= 0.6 is 0 Å². The van der Waals surface area contributed by atoms with Gasteiger partial charge in [0.05, 0.1) is 11.6 Å². The molecule has 1 unspecified atom stereocenters. The molecule has 1 saturated heterocycles. The SMILES string of the molecule is NNc1nc(NCC2CCCO2)c2ccccc2n1. The van der Waals surface area contributed by atoms with Gasteiger partial charge < -0.3 is 10.1 Å². The van der Waals surface area contributed by atoms with Gasteiger partial charge in [0.15, 0.2) is 0 Å². The number of anilines is 2. The lowest BCUT2D eigenvalue weighted by Gasteiger charge is -2.13. The molecule has 4 N–H and O–H groups in total. The van der Waals surface area contributed by atoms with Gasteiger partial charge in [-0.1, -0.05) is 12.1 Å². The fourth-order valence-electron chi connectivity index (χ4n) is 2.29. The van der Waals surface area contributed by atoms with Gasteiger partial charge >= 0.3 is 0 Å². The van der Waals surface area contributed by atoms with Gasteiger partial charge in [0.2, 0.25) is 5.95 Å². The van der Waals surface area contributed by atoms with E-state index in [1.54, 1.807) is 0 Å². The van der Waals surface area contributed by atoms with E-state index in [0.717, 1.165) is 42.7 Å². The quantitative estimate of drug-likeness (QED) is 0.570. The van der Waals surface area contributed by atoms with E-state index < -0.39 is 0 Å². The van der Waals surface area contributed by atoms with E-state index in [-0.39, 0.29) is 6.10 Å². The van der Waals surface area contributed by atoms with Crippen LogP contribution in [0.2, 0.25) is 0 Å². The predicted octanol–water partition coefficient (Wildman–Crippen LogP) is 1.51. The molecule has 1 aliphatic rings. The minimum absolute atomic E-state index is 0.267. The molecule has 6 nitrogen and oxygen atoms in total. The minimum atomic E-state index is 0.267. The Labute approximate surface area is 111 Å². The molecular weight excluding hydrogens is 242 g/mol. The molecule has 1 aromatic carbocycles. The molecule has 0 saturated carbocycles. The Morgan fingerprint density at radius 2 is 2.21 bits per heavy atom. The lowest BCUT2D eigenvalue weighted by atomic mass is 10.2. The summed E-state index contributed by atoms with van der Waals surface area (Å²) in [5.41, 5.74) is 3.36. The molecule has 1 aliphatic heterocycles. The molecule has 0 radical (unpaired) electrons. The van der Waals surface area contributed by atoms with Crippen LogP contribution in [0.4, 0.5) is 11.8 Å². The smallest absolute Gasteiger partial charge is 0.239 e. The lowest BCUT2D eigenvalue weighted by molar-refractivity contribution is 0.120. The van der Waals surface area contributed by atoms with E-state index in [9.17, 15) is 0 Å². The van der Waals surface area contributed by atoms with E-state index in [2.05, 4.69) is 20.7 Å². The molecule has 1 fully saturated rings. The first kappa shape index (κ1) is 12.1. The second-order valence-corrected chi connectivity index (χ2v) is 4.57. The molecule has 2 heterocycles. The second kappa shape index (κ2) is 5.38. The minimum Gasteiger partial charge on any atom is -0.376 e. The third-order valence-electron chi connectivity index (χ3n) is 3.25. The summed E-state index contributed by atoms with van der Waals surface area (Å²) in [4.78, 5) is 8.68. The topological polar surface area (TPSA) is 85.1 Å². The Balaban J connectivity index is 1.87. The van der Waals surface area contributed by atoms with Crippen molar-refractivity contribution in [3.8, 4) is 0 Å². The van der Waals surface area contributed by atoms with Crippen LogP contribution in [0.5, 0.6) is 0 Å². The van der Waals surface area contributed by atoms with Crippen molar-refractivity contribution < 1.29 is 4.74 Å². The summed E-state index contributed by atoms with van der Waals surface area (Å²) in [7, 11) is 0. The third kappa shape index (κ3) is 2.59. The van der Waals surface area contributed by atoms with Gasteiger partial charge in [0.25, 0.3) is 0 Å². The van der Waals surface area contributed by atoms with Gasteiger partial charge in [-0.05, 0) is 25.0 Å². The van der Waals surface area contributed by atoms with Gasteiger partial charge in [0.1, 0.15) is 5.82 Å². The molecule has 1 aromatic heterocycles. The van der Waals surface area contributed by atoms with Crippen molar-refractivity contribution in [2.45, 2.75) is 18.9 Å². The standard InChI is InChI=1S/C13H17N5O/c14-18-13-16-11-6-2-1-5-10(11)12(17-13)15-8-9-4-3-7-19-9/h1-2,5-6,9H,3-4,7-8,14H2,(H2,15,16,17,18). The molecule has 19 heavy (non-hydrogen) atoms. The second-order valence-electron chi connectivity index (χ2n) is 4.57. The third-order valence-corrected chi connectivity index (χ3v) is 3.25. The van der Waals surface area contributed by atoms with Crippen molar-refractivity contribution in [3.63, 3.8) is 0 Å². The number of ether oxygens (including phenoxy) is 1. The number of rotatable bonds is 4. The maximum absolute atomic E-state index is 5.60. The summed E-state index contributed by atoms with van der Waals surface area (Å²) >= 11 is 0. The van der Waals surface area contributed by atoms with E-state index in [4.69, 9.17) is 10.6 Å². The van der Waals surface area contributed by atoms with Crippen molar-refractivity contribution >= 4 is 22.7 Å². The first-order valence-corrected chi connectivity index (χ1v) is 6.45. The Morgan fingerprint density at radius 3 is 3.00 bits per heavy atom. The Bertz CT molecular complexity index is 568. The highest BCUT2D eigenvalue weighted by Gasteiger charge is 2.16. The van der Waals surface area contributed by atoms with Gasteiger partial charge in [-0.25, -0.2) is 10.8 Å². The monoisotopic (exact) mass is 259 g/mol. The molecule has 2 aromatic rings. The molecule has 3 rings (SSSR count). The zero-order valence-corrected chi connectivity index (χ0v) is 10.6. The summed E-state index contributed by atoms with van der Waals surface area (Å²) in [5, 5.41) is 4.32. The number of nitrogens with two attached hydrogens (primary N) is 1. The molecule has 0 bridgehead atoms. The van der Waals surface area contributed by atoms with Crippen LogP contribution in [0.25, 0.3) is 10.9 Å². The van der Waals surface area contributed by atoms with Crippen molar-refractivity contribution in [2.24, 2.45) is 5.84 Å². The van der Waals surface area contributed by atoms with Gasteiger partial charge in [-0.15, -0.1) is 0 Å². The molecule has 1 atom stereocenters. The number of benzene rings is 1. The average Bonchev–Trinajstić information content (AvgIpc) is 2.97. The van der Waals surface area contributed by atoms with Crippen LogP contribution in [-0.4, -0.2) is 29.2 Å². The van der Waals surface area contributed by atoms with Crippen LogP contribution in [-0.2, 0) is 4.74 Å². The van der Waals surface area contributed by atoms with E-state index in [1.165, 1.54) is 0 Å². The van der Waals surface area contributed by atoms with E-state index >= 15 is 0 Å². The van der Waals surface area contributed by atoms with Crippen LogP contribution in [0.1, 0.15) is 12.8 Å². The van der Waals surface area contributed by atoms with Crippen molar-refractivity contribution in [2.75, 3.05) is 23.9 Å². The maximum atomic E-state index is 5.60.